The lowest BCUT2D eigenvalue weighted by molar-refractivity contribution is 0.627. The molecule has 0 radical (unpaired) electrons. The van der Waals surface area contributed by atoms with E-state index in [1.807, 2.05) is 11.8 Å². The van der Waals surface area contributed by atoms with Crippen LogP contribution in [0.1, 0.15) is 5.69 Å². The van der Waals surface area contributed by atoms with Crippen molar-refractivity contribution in [1.82, 2.24) is 20.2 Å². The maximum atomic E-state index is 5.84. The summed E-state index contributed by atoms with van der Waals surface area (Å²) in [6, 6.07) is 0. The Morgan fingerprint density at radius 1 is 1.31 bits per heavy atom. The van der Waals surface area contributed by atoms with Gasteiger partial charge in [0.1, 0.15) is 5.82 Å². The zero-order valence-corrected chi connectivity index (χ0v) is 9.42. The predicted octanol–water partition coefficient (Wildman–Crippen LogP) is 0.423. The number of rotatable bonds is 2. The van der Waals surface area contributed by atoms with Gasteiger partial charge in [-0.2, -0.15) is 26.8 Å². The molecule has 0 bridgehead atoms. The molecule has 7 heteroatoms. The summed E-state index contributed by atoms with van der Waals surface area (Å²) in [5.74, 6) is 3.71. The molecule has 0 saturated carbocycles. The third-order valence-electron chi connectivity index (χ3n) is 2.73. The first kappa shape index (κ1) is 9.71. The third kappa shape index (κ3) is 1.47. The largest absolute Gasteiger partial charge is 0.383 e. The first-order valence-corrected chi connectivity index (χ1v) is 6.23. The van der Waals surface area contributed by atoms with Crippen LogP contribution in [0.5, 0.6) is 0 Å². The molecule has 1 fully saturated rings. The number of nitrogens with zero attached hydrogens (tertiary/aromatic N) is 3. The van der Waals surface area contributed by atoms with E-state index < -0.39 is 0 Å². The van der Waals surface area contributed by atoms with Crippen molar-refractivity contribution in [3.05, 3.63) is 5.69 Å². The van der Waals surface area contributed by atoms with Crippen LogP contribution < -0.4 is 11.5 Å². The number of fused-ring (bicyclic) bond motifs is 1. The van der Waals surface area contributed by atoms with E-state index in [4.69, 9.17) is 11.5 Å². The SMILES string of the molecule is Nc1nc(N)c2c(CC3CSC3)[nH]nc2n1. The van der Waals surface area contributed by atoms with Crippen LogP contribution in [0.2, 0.25) is 0 Å². The minimum Gasteiger partial charge on any atom is -0.383 e. The zero-order chi connectivity index (χ0) is 11.1. The highest BCUT2D eigenvalue weighted by Gasteiger charge is 2.22. The summed E-state index contributed by atoms with van der Waals surface area (Å²) in [4.78, 5) is 8.01. The fourth-order valence-electron chi connectivity index (χ4n) is 1.87. The van der Waals surface area contributed by atoms with Crippen LogP contribution in [-0.4, -0.2) is 31.7 Å². The highest BCUT2D eigenvalue weighted by atomic mass is 32.2. The molecular weight excluding hydrogens is 224 g/mol. The lowest BCUT2D eigenvalue weighted by Crippen LogP contribution is -2.20. The maximum absolute atomic E-state index is 5.84. The van der Waals surface area contributed by atoms with Crippen LogP contribution in [0.3, 0.4) is 0 Å². The van der Waals surface area contributed by atoms with Gasteiger partial charge in [0.05, 0.1) is 5.39 Å². The summed E-state index contributed by atoms with van der Waals surface area (Å²) >= 11 is 1.96. The summed E-state index contributed by atoms with van der Waals surface area (Å²) in [7, 11) is 0. The Morgan fingerprint density at radius 2 is 2.12 bits per heavy atom. The van der Waals surface area contributed by atoms with Crippen molar-refractivity contribution in [2.24, 2.45) is 5.92 Å². The van der Waals surface area contributed by atoms with E-state index in [0.29, 0.717) is 17.4 Å². The zero-order valence-electron chi connectivity index (χ0n) is 8.60. The number of H-pyrrole nitrogens is 1. The van der Waals surface area contributed by atoms with Crippen molar-refractivity contribution in [2.75, 3.05) is 23.0 Å². The van der Waals surface area contributed by atoms with Crippen molar-refractivity contribution in [1.29, 1.82) is 0 Å². The van der Waals surface area contributed by atoms with E-state index in [-0.39, 0.29) is 5.95 Å². The van der Waals surface area contributed by atoms with E-state index in [9.17, 15) is 0 Å². The number of aromatic nitrogens is 4. The van der Waals surface area contributed by atoms with E-state index in [1.165, 1.54) is 11.5 Å². The number of aromatic amines is 1. The molecule has 0 amide bonds. The van der Waals surface area contributed by atoms with Crippen LogP contribution in [0, 0.1) is 5.92 Å². The molecule has 1 aliphatic rings. The lowest BCUT2D eigenvalue weighted by Gasteiger charge is -2.24. The van der Waals surface area contributed by atoms with Crippen molar-refractivity contribution in [3.8, 4) is 0 Å². The number of nitrogen functional groups attached to an aromatic ring is 2. The first-order valence-electron chi connectivity index (χ1n) is 5.07. The van der Waals surface area contributed by atoms with E-state index in [2.05, 4.69) is 20.2 Å². The number of nitrogens with two attached hydrogens (primary N) is 2. The Morgan fingerprint density at radius 3 is 2.81 bits per heavy atom. The second kappa shape index (κ2) is 3.51. The topological polar surface area (TPSA) is 106 Å². The van der Waals surface area contributed by atoms with Gasteiger partial charge in [0.15, 0.2) is 5.65 Å². The van der Waals surface area contributed by atoms with Gasteiger partial charge < -0.3 is 11.5 Å². The summed E-state index contributed by atoms with van der Waals surface area (Å²) in [6.07, 6.45) is 0.959. The molecule has 0 aliphatic carbocycles. The van der Waals surface area contributed by atoms with Crippen LogP contribution in [-0.2, 0) is 6.42 Å². The van der Waals surface area contributed by atoms with Crippen molar-refractivity contribution >= 4 is 34.6 Å². The van der Waals surface area contributed by atoms with Crippen molar-refractivity contribution in [2.45, 2.75) is 6.42 Å². The molecule has 5 N–H and O–H groups in total. The molecule has 0 atom stereocenters. The third-order valence-corrected chi connectivity index (χ3v) is 4.15. The summed E-state index contributed by atoms with van der Waals surface area (Å²) in [5, 5.41) is 7.92. The van der Waals surface area contributed by atoms with Gasteiger partial charge in [0, 0.05) is 5.69 Å². The van der Waals surface area contributed by atoms with Gasteiger partial charge in [-0.25, -0.2) is 0 Å². The van der Waals surface area contributed by atoms with Crippen molar-refractivity contribution < 1.29 is 0 Å². The molecule has 3 rings (SSSR count). The second-order valence-electron chi connectivity index (χ2n) is 3.98. The molecule has 16 heavy (non-hydrogen) atoms. The molecule has 1 aliphatic heterocycles. The normalized spacial score (nSPS) is 16.5. The highest BCUT2D eigenvalue weighted by Crippen LogP contribution is 2.30. The number of thioether (sulfide) groups is 1. The molecule has 2 aromatic rings. The van der Waals surface area contributed by atoms with Gasteiger partial charge >= 0.3 is 0 Å². The number of anilines is 2. The van der Waals surface area contributed by atoms with E-state index in [0.717, 1.165) is 17.5 Å². The Hall–Kier alpha value is -1.50. The fourth-order valence-corrected chi connectivity index (χ4v) is 2.67. The number of hydrogen-bond donors (Lipinski definition) is 3. The van der Waals surface area contributed by atoms with E-state index in [1.54, 1.807) is 0 Å². The van der Waals surface area contributed by atoms with Gasteiger partial charge in [-0.1, -0.05) is 0 Å². The number of hydrogen-bond acceptors (Lipinski definition) is 6. The monoisotopic (exact) mass is 236 g/mol. The minimum absolute atomic E-state index is 0.169. The molecule has 2 aromatic heterocycles. The highest BCUT2D eigenvalue weighted by molar-refractivity contribution is 8.00. The van der Waals surface area contributed by atoms with E-state index >= 15 is 0 Å². The summed E-state index contributed by atoms with van der Waals surface area (Å²) in [6.45, 7) is 0. The molecule has 0 unspecified atom stereocenters. The Bertz CT molecular complexity index is 532. The minimum atomic E-state index is 0.169. The van der Waals surface area contributed by atoms with Crippen molar-refractivity contribution in [3.63, 3.8) is 0 Å². The molecule has 6 nitrogen and oxygen atoms in total. The Labute approximate surface area is 96.2 Å². The molecule has 3 heterocycles. The maximum Gasteiger partial charge on any atom is 0.224 e. The molecular formula is C9H12N6S. The van der Waals surface area contributed by atoms with Crippen LogP contribution in [0.15, 0.2) is 0 Å². The quantitative estimate of drug-likeness (QED) is 0.697. The molecule has 1 saturated heterocycles. The summed E-state index contributed by atoms with van der Waals surface area (Å²) < 4.78 is 0. The standard InChI is InChI=1S/C9H12N6S/c10-7-6-5(1-4-2-16-3-4)14-15-8(6)13-9(11)12-7/h4H,1-3H2,(H5,10,11,12,13,14,15). The van der Waals surface area contributed by atoms with Crippen LogP contribution in [0.4, 0.5) is 11.8 Å². The lowest BCUT2D eigenvalue weighted by atomic mass is 10.1. The smallest absolute Gasteiger partial charge is 0.224 e. The molecule has 0 spiro atoms. The average molecular weight is 236 g/mol. The first-order chi connectivity index (χ1) is 7.74. The Kier molecular flexibility index (Phi) is 2.13. The summed E-state index contributed by atoms with van der Waals surface area (Å²) in [5.41, 5.74) is 12.9. The van der Waals surface area contributed by atoms with Gasteiger partial charge in [0.25, 0.3) is 0 Å². The van der Waals surface area contributed by atoms with Crippen LogP contribution >= 0.6 is 11.8 Å². The van der Waals surface area contributed by atoms with Gasteiger partial charge in [-0.05, 0) is 23.8 Å². The number of nitrogens with one attached hydrogen (secondary N) is 1. The predicted molar refractivity (Wildman–Crippen MR) is 65.0 cm³/mol. The van der Waals surface area contributed by atoms with Crippen LogP contribution in [0.25, 0.3) is 11.0 Å². The average Bonchev–Trinajstić information content (AvgIpc) is 2.54. The Balaban J connectivity index is 2.04. The fraction of sp³-hybridized carbons (Fsp3) is 0.444. The second-order valence-corrected chi connectivity index (χ2v) is 5.05. The van der Waals surface area contributed by atoms with Gasteiger partial charge in [-0.3, -0.25) is 5.10 Å². The molecule has 84 valence electrons. The van der Waals surface area contributed by atoms with Gasteiger partial charge in [0.2, 0.25) is 5.95 Å². The molecule has 0 aromatic carbocycles. The van der Waals surface area contributed by atoms with Gasteiger partial charge in [-0.15, -0.1) is 0 Å².